The molecule has 0 aliphatic carbocycles. The number of halogens is 1. The molecule has 0 atom stereocenters. The third kappa shape index (κ3) is 4.32. The summed E-state index contributed by atoms with van der Waals surface area (Å²) in [5.41, 5.74) is 0.718. The van der Waals surface area contributed by atoms with Crippen LogP contribution in [0.2, 0.25) is 5.02 Å². The number of nitrogens with zero attached hydrogens (tertiary/aromatic N) is 1. The minimum atomic E-state index is -3.62. The monoisotopic (exact) mass is 334 g/mol. The van der Waals surface area contributed by atoms with Crippen molar-refractivity contribution in [1.29, 1.82) is 0 Å². The lowest BCUT2D eigenvalue weighted by atomic mass is 10.2. The summed E-state index contributed by atoms with van der Waals surface area (Å²) in [7, 11) is 1.20. The van der Waals surface area contributed by atoms with Crippen molar-refractivity contribution in [2.24, 2.45) is 0 Å². The lowest BCUT2D eigenvalue weighted by molar-refractivity contribution is 0.391. The van der Waals surface area contributed by atoms with Crippen LogP contribution in [-0.4, -0.2) is 40.5 Å². The molecule has 0 aliphatic rings. The molecule has 0 saturated heterocycles. The van der Waals surface area contributed by atoms with Crippen molar-refractivity contribution in [2.75, 3.05) is 27.7 Å². The van der Waals surface area contributed by atoms with Gasteiger partial charge in [-0.3, -0.25) is 0 Å². The second-order valence-electron chi connectivity index (χ2n) is 4.81. The minimum absolute atomic E-state index is 0.112. The largest absolute Gasteiger partial charge is 0.495 e. The van der Waals surface area contributed by atoms with Gasteiger partial charge in [0.05, 0.1) is 7.11 Å². The van der Waals surface area contributed by atoms with Gasteiger partial charge < -0.3 is 10.1 Å². The Morgan fingerprint density at radius 1 is 1.38 bits per heavy atom. The van der Waals surface area contributed by atoms with Crippen molar-refractivity contribution in [2.45, 2.75) is 31.2 Å². The molecule has 0 unspecified atom stereocenters. The Morgan fingerprint density at radius 3 is 2.57 bits per heavy atom. The summed E-state index contributed by atoms with van der Waals surface area (Å²) in [4.78, 5) is 0.112. The first kappa shape index (κ1) is 18.2. The van der Waals surface area contributed by atoms with Gasteiger partial charge in [0, 0.05) is 30.7 Å². The summed E-state index contributed by atoms with van der Waals surface area (Å²) in [5, 5.41) is 3.36. The summed E-state index contributed by atoms with van der Waals surface area (Å²) >= 11 is 6.06. The van der Waals surface area contributed by atoms with Crippen LogP contribution in [0, 0.1) is 0 Å². The lowest BCUT2D eigenvalue weighted by Crippen LogP contribution is -2.28. The van der Waals surface area contributed by atoms with E-state index in [1.807, 2.05) is 6.92 Å². The quantitative estimate of drug-likeness (QED) is 0.793. The number of ether oxygens (including phenoxy) is 1. The van der Waals surface area contributed by atoms with Gasteiger partial charge in [0.15, 0.2) is 0 Å². The zero-order valence-corrected chi connectivity index (χ0v) is 14.5. The van der Waals surface area contributed by atoms with Gasteiger partial charge in [-0.1, -0.05) is 24.9 Å². The molecule has 1 aromatic rings. The molecule has 0 spiro atoms. The zero-order chi connectivity index (χ0) is 16.0. The van der Waals surface area contributed by atoms with E-state index in [0.29, 0.717) is 23.9 Å². The fourth-order valence-corrected chi connectivity index (χ4v) is 3.77. The molecule has 1 rings (SSSR count). The number of rotatable bonds is 8. The van der Waals surface area contributed by atoms with Gasteiger partial charge in [0.25, 0.3) is 0 Å². The van der Waals surface area contributed by atoms with Crippen LogP contribution >= 0.6 is 11.6 Å². The molecule has 0 bridgehead atoms. The first-order chi connectivity index (χ1) is 9.88. The summed E-state index contributed by atoms with van der Waals surface area (Å²) in [6, 6.07) is 3.15. The number of sulfonamides is 1. The van der Waals surface area contributed by atoms with Crippen LogP contribution in [0.1, 0.15) is 25.3 Å². The molecular weight excluding hydrogens is 312 g/mol. The van der Waals surface area contributed by atoms with Crippen LogP contribution in [0.3, 0.4) is 0 Å². The summed E-state index contributed by atoms with van der Waals surface area (Å²) in [5.74, 6) is 0.345. The molecule has 1 aromatic carbocycles. The van der Waals surface area contributed by atoms with E-state index in [-0.39, 0.29) is 4.90 Å². The molecule has 120 valence electrons. The fraction of sp³-hybridized carbons (Fsp3) is 0.571. The maximum absolute atomic E-state index is 12.7. The maximum atomic E-state index is 12.7. The van der Waals surface area contributed by atoms with Crippen molar-refractivity contribution in [1.82, 2.24) is 9.62 Å². The van der Waals surface area contributed by atoms with E-state index in [1.54, 1.807) is 20.2 Å². The van der Waals surface area contributed by atoms with Gasteiger partial charge in [-0.15, -0.1) is 0 Å². The zero-order valence-electron chi connectivity index (χ0n) is 12.9. The highest BCUT2D eigenvalue weighted by atomic mass is 35.5. The smallest absolute Gasteiger partial charge is 0.246 e. The van der Waals surface area contributed by atoms with Gasteiger partial charge in [-0.05, 0) is 25.6 Å². The number of benzene rings is 1. The number of hydrogen-bond donors (Lipinski definition) is 1. The number of unbranched alkanes of at least 4 members (excludes halogenated alkanes) is 1. The molecule has 0 aromatic heterocycles. The van der Waals surface area contributed by atoms with Crippen molar-refractivity contribution >= 4 is 21.6 Å². The van der Waals surface area contributed by atoms with Crippen LogP contribution in [0.25, 0.3) is 0 Å². The molecule has 0 radical (unpaired) electrons. The molecule has 0 heterocycles. The molecule has 1 N–H and O–H groups in total. The third-order valence-corrected chi connectivity index (χ3v) is 5.26. The first-order valence-corrected chi connectivity index (χ1v) is 8.67. The Bertz CT molecular complexity index is 576. The van der Waals surface area contributed by atoms with Crippen LogP contribution in [0.15, 0.2) is 17.0 Å². The highest BCUT2D eigenvalue weighted by molar-refractivity contribution is 7.89. The van der Waals surface area contributed by atoms with Crippen LogP contribution in [-0.2, 0) is 16.6 Å². The van der Waals surface area contributed by atoms with E-state index in [2.05, 4.69) is 5.32 Å². The Kier molecular flexibility index (Phi) is 6.93. The predicted octanol–water partition coefficient (Wildman–Crippen LogP) is 2.49. The van der Waals surface area contributed by atoms with Gasteiger partial charge in [-0.25, -0.2) is 12.7 Å². The molecule has 21 heavy (non-hydrogen) atoms. The van der Waals surface area contributed by atoms with Crippen molar-refractivity contribution in [3.8, 4) is 5.75 Å². The number of nitrogens with one attached hydrogen (secondary N) is 1. The SMILES string of the molecule is CCCCN(C)S(=O)(=O)c1cc(Cl)cc(CNC)c1OC. The fourth-order valence-electron chi connectivity index (χ4n) is 2.04. The van der Waals surface area contributed by atoms with E-state index < -0.39 is 10.0 Å². The second kappa shape index (κ2) is 7.98. The topological polar surface area (TPSA) is 58.6 Å². The van der Waals surface area contributed by atoms with Crippen molar-refractivity contribution in [3.63, 3.8) is 0 Å². The van der Waals surface area contributed by atoms with Gasteiger partial charge in [0.1, 0.15) is 10.6 Å². The maximum Gasteiger partial charge on any atom is 0.246 e. The lowest BCUT2D eigenvalue weighted by Gasteiger charge is -2.20. The van der Waals surface area contributed by atoms with E-state index in [9.17, 15) is 8.42 Å². The molecule has 0 aliphatic heterocycles. The Morgan fingerprint density at radius 2 is 2.05 bits per heavy atom. The molecule has 0 fully saturated rings. The third-order valence-electron chi connectivity index (χ3n) is 3.18. The van der Waals surface area contributed by atoms with E-state index in [4.69, 9.17) is 16.3 Å². The number of methoxy groups -OCH3 is 1. The normalized spacial score (nSPS) is 11.9. The van der Waals surface area contributed by atoms with Gasteiger partial charge in [-0.2, -0.15) is 0 Å². The van der Waals surface area contributed by atoms with Crippen LogP contribution < -0.4 is 10.1 Å². The first-order valence-electron chi connectivity index (χ1n) is 6.85. The van der Waals surface area contributed by atoms with Gasteiger partial charge in [0.2, 0.25) is 10.0 Å². The van der Waals surface area contributed by atoms with Gasteiger partial charge >= 0.3 is 0 Å². The molecule has 0 amide bonds. The summed E-state index contributed by atoms with van der Waals surface area (Å²) < 4.78 is 32.0. The summed E-state index contributed by atoms with van der Waals surface area (Å²) in [6.07, 6.45) is 1.74. The van der Waals surface area contributed by atoms with Crippen LogP contribution in [0.5, 0.6) is 5.75 Å². The molecular formula is C14H23ClN2O3S. The molecule has 7 heteroatoms. The average Bonchev–Trinajstić information content (AvgIpc) is 2.44. The Hall–Kier alpha value is -0.820. The number of hydrogen-bond acceptors (Lipinski definition) is 4. The highest BCUT2D eigenvalue weighted by Crippen LogP contribution is 2.33. The van der Waals surface area contributed by atoms with E-state index >= 15 is 0 Å². The Balaban J connectivity index is 3.33. The average molecular weight is 335 g/mol. The summed E-state index contributed by atoms with van der Waals surface area (Å²) in [6.45, 7) is 2.96. The standard InChI is InChI=1S/C14H23ClN2O3S/c1-5-6-7-17(3)21(18,19)13-9-12(15)8-11(10-16-2)14(13)20-4/h8-9,16H,5-7,10H2,1-4H3. The van der Waals surface area contributed by atoms with E-state index in [0.717, 1.165) is 18.4 Å². The van der Waals surface area contributed by atoms with E-state index in [1.165, 1.54) is 17.5 Å². The Labute approximate surface area is 132 Å². The highest BCUT2D eigenvalue weighted by Gasteiger charge is 2.26. The predicted molar refractivity (Wildman–Crippen MR) is 85.5 cm³/mol. The van der Waals surface area contributed by atoms with Crippen molar-refractivity contribution < 1.29 is 13.2 Å². The minimum Gasteiger partial charge on any atom is -0.495 e. The van der Waals surface area contributed by atoms with Crippen LogP contribution in [0.4, 0.5) is 0 Å². The van der Waals surface area contributed by atoms with Crippen molar-refractivity contribution in [3.05, 3.63) is 22.7 Å². The molecule has 5 nitrogen and oxygen atoms in total. The molecule has 0 saturated carbocycles. The second-order valence-corrected chi connectivity index (χ2v) is 7.26.